The second kappa shape index (κ2) is 7.68. The Morgan fingerprint density at radius 2 is 2.14 bits per heavy atom. The standard InChI is InChI=1S/C15H18N2O3S/c1-3-15(11-16)21(19,20)17-14-8-7-12(2)13(10-14)6-4-5-9-18/h7-8,10,15,17-18H,3,5,9H2,1-2H3. The van der Waals surface area contributed by atoms with E-state index in [4.69, 9.17) is 10.4 Å². The van der Waals surface area contributed by atoms with Crippen molar-refractivity contribution >= 4 is 15.7 Å². The molecule has 21 heavy (non-hydrogen) atoms. The van der Waals surface area contributed by atoms with Gasteiger partial charge >= 0.3 is 0 Å². The first-order valence-electron chi connectivity index (χ1n) is 6.56. The minimum Gasteiger partial charge on any atom is -0.395 e. The zero-order valence-corrected chi connectivity index (χ0v) is 12.9. The second-order valence-corrected chi connectivity index (χ2v) is 6.34. The number of hydrogen-bond acceptors (Lipinski definition) is 4. The van der Waals surface area contributed by atoms with E-state index in [2.05, 4.69) is 16.6 Å². The van der Waals surface area contributed by atoms with Crippen molar-refractivity contribution in [1.29, 1.82) is 5.26 Å². The van der Waals surface area contributed by atoms with Crippen molar-refractivity contribution in [3.8, 4) is 17.9 Å². The van der Waals surface area contributed by atoms with Crippen LogP contribution in [0.5, 0.6) is 0 Å². The monoisotopic (exact) mass is 306 g/mol. The van der Waals surface area contributed by atoms with Crippen LogP contribution in [0.3, 0.4) is 0 Å². The maximum absolute atomic E-state index is 12.0. The normalized spacial score (nSPS) is 11.9. The molecule has 5 nitrogen and oxygen atoms in total. The Morgan fingerprint density at radius 1 is 1.43 bits per heavy atom. The number of aliphatic hydroxyl groups is 1. The molecule has 0 amide bonds. The predicted molar refractivity (Wildman–Crippen MR) is 82.0 cm³/mol. The SMILES string of the molecule is CCC(C#N)S(=O)(=O)Nc1ccc(C)c(C#CCCO)c1. The third-order valence-electron chi connectivity index (χ3n) is 2.85. The number of aryl methyl sites for hydroxylation is 1. The summed E-state index contributed by atoms with van der Waals surface area (Å²) < 4.78 is 26.4. The smallest absolute Gasteiger partial charge is 0.249 e. The summed E-state index contributed by atoms with van der Waals surface area (Å²) in [6.45, 7) is 3.50. The molecule has 1 rings (SSSR count). The number of rotatable bonds is 5. The zero-order valence-electron chi connectivity index (χ0n) is 12.0. The summed E-state index contributed by atoms with van der Waals surface area (Å²) in [6.07, 6.45) is 0.586. The van der Waals surface area contributed by atoms with Crippen LogP contribution in [0.4, 0.5) is 5.69 Å². The Bertz CT molecular complexity index is 694. The summed E-state index contributed by atoms with van der Waals surface area (Å²) in [5.41, 5.74) is 1.98. The number of hydrogen-bond donors (Lipinski definition) is 2. The van der Waals surface area contributed by atoms with Gasteiger partial charge in [0.1, 0.15) is 0 Å². The Labute approximate surface area is 125 Å². The molecule has 0 aromatic heterocycles. The van der Waals surface area contributed by atoms with E-state index in [-0.39, 0.29) is 13.0 Å². The molecule has 0 spiro atoms. The molecular weight excluding hydrogens is 288 g/mol. The van der Waals surface area contributed by atoms with Crippen molar-refractivity contribution < 1.29 is 13.5 Å². The molecule has 1 aromatic carbocycles. The van der Waals surface area contributed by atoms with Gasteiger partial charge in [-0.3, -0.25) is 4.72 Å². The largest absolute Gasteiger partial charge is 0.395 e. The molecule has 0 aliphatic heterocycles. The summed E-state index contributed by atoms with van der Waals surface area (Å²) in [7, 11) is -3.73. The van der Waals surface area contributed by atoms with Crippen molar-refractivity contribution in [2.45, 2.75) is 31.9 Å². The minimum atomic E-state index is -3.73. The zero-order chi connectivity index (χ0) is 15.9. The van der Waals surface area contributed by atoms with Crippen LogP contribution in [-0.2, 0) is 10.0 Å². The Morgan fingerprint density at radius 3 is 2.71 bits per heavy atom. The lowest BCUT2D eigenvalue weighted by atomic mass is 10.1. The first-order valence-corrected chi connectivity index (χ1v) is 8.10. The van der Waals surface area contributed by atoms with Crippen LogP contribution in [0.25, 0.3) is 0 Å². The van der Waals surface area contributed by atoms with Gasteiger partial charge in [-0.15, -0.1) is 0 Å². The number of aliphatic hydroxyl groups excluding tert-OH is 1. The van der Waals surface area contributed by atoms with Gasteiger partial charge < -0.3 is 5.11 Å². The fraction of sp³-hybridized carbons (Fsp3) is 0.400. The lowest BCUT2D eigenvalue weighted by Crippen LogP contribution is -2.25. The van der Waals surface area contributed by atoms with Crippen molar-refractivity contribution in [3.63, 3.8) is 0 Å². The van der Waals surface area contributed by atoms with Gasteiger partial charge in [-0.05, 0) is 31.0 Å². The molecule has 1 atom stereocenters. The van der Waals surface area contributed by atoms with Crippen LogP contribution in [0.15, 0.2) is 18.2 Å². The number of anilines is 1. The number of benzene rings is 1. The highest BCUT2D eigenvalue weighted by Crippen LogP contribution is 2.18. The van der Waals surface area contributed by atoms with Gasteiger partial charge in [0, 0.05) is 17.7 Å². The predicted octanol–water partition coefficient (Wildman–Crippen LogP) is 1.77. The number of sulfonamides is 1. The summed E-state index contributed by atoms with van der Waals surface area (Å²) in [5.74, 6) is 5.69. The molecule has 6 heteroatoms. The van der Waals surface area contributed by atoms with E-state index in [9.17, 15) is 8.42 Å². The van der Waals surface area contributed by atoms with E-state index in [1.54, 1.807) is 31.2 Å². The van der Waals surface area contributed by atoms with Gasteiger partial charge in [0.25, 0.3) is 0 Å². The van der Waals surface area contributed by atoms with Crippen LogP contribution < -0.4 is 4.72 Å². The summed E-state index contributed by atoms with van der Waals surface area (Å²) in [5, 5.41) is 16.5. The van der Waals surface area contributed by atoms with Crippen LogP contribution in [0.1, 0.15) is 30.9 Å². The van der Waals surface area contributed by atoms with E-state index >= 15 is 0 Å². The van der Waals surface area contributed by atoms with Gasteiger partial charge in [-0.25, -0.2) is 8.42 Å². The van der Waals surface area contributed by atoms with Gasteiger partial charge in [-0.2, -0.15) is 5.26 Å². The summed E-state index contributed by atoms with van der Waals surface area (Å²) in [6, 6.07) is 6.79. The highest BCUT2D eigenvalue weighted by atomic mass is 32.2. The van der Waals surface area contributed by atoms with Gasteiger partial charge in [0.05, 0.1) is 12.7 Å². The maximum atomic E-state index is 12.0. The number of nitrogens with zero attached hydrogens (tertiary/aromatic N) is 1. The molecule has 0 heterocycles. The fourth-order valence-electron chi connectivity index (χ4n) is 1.65. The van der Waals surface area contributed by atoms with Crippen LogP contribution in [0.2, 0.25) is 0 Å². The van der Waals surface area contributed by atoms with Crippen molar-refractivity contribution in [1.82, 2.24) is 0 Å². The van der Waals surface area contributed by atoms with Crippen molar-refractivity contribution in [2.75, 3.05) is 11.3 Å². The third kappa shape index (κ3) is 4.78. The Hall–Kier alpha value is -2.02. The molecule has 0 saturated heterocycles. The van der Waals surface area contributed by atoms with E-state index < -0.39 is 15.3 Å². The van der Waals surface area contributed by atoms with E-state index in [0.717, 1.165) is 5.56 Å². The van der Waals surface area contributed by atoms with Gasteiger partial charge in [0.15, 0.2) is 5.25 Å². The van der Waals surface area contributed by atoms with Crippen molar-refractivity contribution in [2.24, 2.45) is 0 Å². The lowest BCUT2D eigenvalue weighted by molar-refractivity contribution is 0.305. The molecule has 0 radical (unpaired) electrons. The average Bonchev–Trinajstić information content (AvgIpc) is 2.43. The Balaban J connectivity index is 3.04. The van der Waals surface area contributed by atoms with E-state index in [1.807, 2.05) is 6.92 Å². The van der Waals surface area contributed by atoms with E-state index in [0.29, 0.717) is 17.7 Å². The second-order valence-electron chi connectivity index (χ2n) is 4.48. The topological polar surface area (TPSA) is 90.2 Å². The average molecular weight is 306 g/mol. The first kappa shape index (κ1) is 17.0. The molecule has 0 fully saturated rings. The maximum Gasteiger partial charge on any atom is 0.249 e. The summed E-state index contributed by atoms with van der Waals surface area (Å²) >= 11 is 0. The quantitative estimate of drug-likeness (QED) is 0.811. The number of nitrogens with one attached hydrogen (secondary N) is 1. The highest BCUT2D eigenvalue weighted by Gasteiger charge is 2.23. The van der Waals surface area contributed by atoms with Crippen LogP contribution in [0, 0.1) is 30.1 Å². The third-order valence-corrected chi connectivity index (χ3v) is 4.55. The van der Waals surface area contributed by atoms with Crippen LogP contribution >= 0.6 is 0 Å². The highest BCUT2D eigenvalue weighted by molar-refractivity contribution is 7.93. The molecule has 0 aliphatic carbocycles. The molecular formula is C15H18N2O3S. The number of nitriles is 1. The first-order chi connectivity index (χ1) is 9.94. The molecule has 2 N–H and O–H groups in total. The van der Waals surface area contributed by atoms with Crippen LogP contribution in [-0.4, -0.2) is 25.4 Å². The molecule has 1 aromatic rings. The molecule has 1 unspecified atom stereocenters. The molecule has 112 valence electrons. The minimum absolute atomic E-state index is 0.0152. The van der Waals surface area contributed by atoms with E-state index in [1.165, 1.54) is 0 Å². The van der Waals surface area contributed by atoms with Gasteiger partial charge in [0.2, 0.25) is 10.0 Å². The summed E-state index contributed by atoms with van der Waals surface area (Å²) in [4.78, 5) is 0. The van der Waals surface area contributed by atoms with Gasteiger partial charge in [-0.1, -0.05) is 24.8 Å². The fourth-order valence-corrected chi connectivity index (χ4v) is 2.82. The molecule has 0 saturated carbocycles. The molecule has 0 bridgehead atoms. The lowest BCUT2D eigenvalue weighted by Gasteiger charge is -2.12. The molecule has 0 aliphatic rings. The Kier molecular flexibility index (Phi) is 6.23. The van der Waals surface area contributed by atoms with Crippen molar-refractivity contribution in [3.05, 3.63) is 29.3 Å².